The lowest BCUT2D eigenvalue weighted by Gasteiger charge is -2.34. The van der Waals surface area contributed by atoms with Crippen LogP contribution in [0.25, 0.3) is 6.08 Å². The molecular formula is C22H23F2N3O. The Morgan fingerprint density at radius 2 is 1.93 bits per heavy atom. The van der Waals surface area contributed by atoms with Gasteiger partial charge in [0.1, 0.15) is 29.9 Å². The van der Waals surface area contributed by atoms with Gasteiger partial charge in [0.15, 0.2) is 0 Å². The van der Waals surface area contributed by atoms with Gasteiger partial charge in [0.05, 0.1) is 6.54 Å². The number of aryl methyl sites for hydroxylation is 1. The summed E-state index contributed by atoms with van der Waals surface area (Å²) in [6.45, 7) is 3.87. The Morgan fingerprint density at radius 3 is 2.57 bits per heavy atom. The van der Waals surface area contributed by atoms with Gasteiger partial charge in [0.25, 0.3) is 0 Å². The van der Waals surface area contributed by atoms with Crippen LogP contribution in [0, 0.1) is 24.5 Å². The molecule has 0 amide bonds. The van der Waals surface area contributed by atoms with E-state index >= 15 is 0 Å². The van der Waals surface area contributed by atoms with Crippen LogP contribution in [0.2, 0.25) is 0 Å². The van der Waals surface area contributed by atoms with E-state index in [1.54, 1.807) is 0 Å². The largest absolute Gasteiger partial charge is 0.383 e. The first kappa shape index (κ1) is 19.9. The van der Waals surface area contributed by atoms with Gasteiger partial charge in [-0.3, -0.25) is 0 Å². The molecule has 28 heavy (non-hydrogen) atoms. The number of rotatable bonds is 7. The van der Waals surface area contributed by atoms with Crippen molar-refractivity contribution in [2.45, 2.75) is 32.4 Å². The van der Waals surface area contributed by atoms with Gasteiger partial charge in [0.2, 0.25) is 0 Å². The second kappa shape index (κ2) is 8.44. The molecule has 0 aliphatic heterocycles. The molecule has 1 aromatic heterocycles. The summed E-state index contributed by atoms with van der Waals surface area (Å²) in [7, 11) is 0. The summed E-state index contributed by atoms with van der Waals surface area (Å²) in [6, 6.07) is 11.3. The van der Waals surface area contributed by atoms with Gasteiger partial charge in [-0.25, -0.2) is 18.4 Å². The van der Waals surface area contributed by atoms with Crippen molar-refractivity contribution in [1.82, 2.24) is 14.8 Å². The third-order valence-electron chi connectivity index (χ3n) is 4.96. The molecule has 0 unspecified atom stereocenters. The molecule has 3 aromatic rings. The number of benzene rings is 2. The van der Waals surface area contributed by atoms with Crippen molar-refractivity contribution in [3.05, 3.63) is 89.5 Å². The number of nitrogens with zero attached hydrogens (tertiary/aromatic N) is 3. The predicted octanol–water partition coefficient (Wildman–Crippen LogP) is 4.49. The first-order chi connectivity index (χ1) is 13.4. The maximum Gasteiger partial charge on any atom is 0.137 e. The maximum absolute atomic E-state index is 14.5. The minimum Gasteiger partial charge on any atom is -0.383 e. The quantitative estimate of drug-likeness (QED) is 0.654. The molecule has 1 heterocycles. The van der Waals surface area contributed by atoms with Crippen LogP contribution in [-0.4, -0.2) is 19.9 Å². The molecular weight excluding hydrogens is 360 g/mol. The van der Waals surface area contributed by atoms with E-state index in [4.69, 9.17) is 0 Å². The lowest BCUT2D eigenvalue weighted by Crippen LogP contribution is -2.39. The van der Waals surface area contributed by atoms with Crippen LogP contribution in [0.5, 0.6) is 0 Å². The highest BCUT2D eigenvalue weighted by atomic mass is 19.1. The Morgan fingerprint density at radius 1 is 1.18 bits per heavy atom. The number of aromatic nitrogens is 3. The van der Waals surface area contributed by atoms with Crippen LogP contribution >= 0.6 is 0 Å². The normalized spacial score (nSPS) is 14.9. The van der Waals surface area contributed by atoms with Gasteiger partial charge in [-0.05, 0) is 30.9 Å². The molecule has 1 N–H and O–H groups in total. The highest BCUT2D eigenvalue weighted by Crippen LogP contribution is 2.35. The Kier molecular flexibility index (Phi) is 5.99. The van der Waals surface area contributed by atoms with Crippen molar-refractivity contribution in [1.29, 1.82) is 0 Å². The third kappa shape index (κ3) is 4.51. The Hall–Kier alpha value is -2.86. The number of halogens is 2. The van der Waals surface area contributed by atoms with Crippen molar-refractivity contribution in [2.24, 2.45) is 5.92 Å². The molecule has 6 heteroatoms. The molecule has 0 aliphatic rings. The SMILES string of the molecule is Cc1ccc(/C=C/C[C@H](C)[C@](O)(Cn2cncn2)c2ccc(F)cc2F)cc1. The van der Waals surface area contributed by atoms with Crippen LogP contribution in [0.1, 0.15) is 30.0 Å². The molecule has 0 aliphatic carbocycles. The highest BCUT2D eigenvalue weighted by Gasteiger charge is 2.38. The van der Waals surface area contributed by atoms with E-state index in [9.17, 15) is 13.9 Å². The molecule has 146 valence electrons. The van der Waals surface area contributed by atoms with E-state index < -0.39 is 17.2 Å². The summed E-state index contributed by atoms with van der Waals surface area (Å²) < 4.78 is 29.3. The van der Waals surface area contributed by atoms with Crippen molar-refractivity contribution in [3.8, 4) is 0 Å². The topological polar surface area (TPSA) is 50.9 Å². The molecule has 0 fully saturated rings. The summed E-state index contributed by atoms with van der Waals surface area (Å²) in [4.78, 5) is 3.88. The summed E-state index contributed by atoms with van der Waals surface area (Å²) in [6.07, 6.45) is 7.22. The summed E-state index contributed by atoms with van der Waals surface area (Å²) in [5.74, 6) is -1.83. The summed E-state index contributed by atoms with van der Waals surface area (Å²) in [5, 5.41) is 15.5. The second-order valence-corrected chi connectivity index (χ2v) is 7.09. The van der Waals surface area contributed by atoms with Gasteiger partial charge in [0, 0.05) is 11.6 Å². The lowest BCUT2D eigenvalue weighted by molar-refractivity contribution is -0.0379. The Bertz CT molecular complexity index is 939. The first-order valence-corrected chi connectivity index (χ1v) is 9.12. The van der Waals surface area contributed by atoms with Crippen molar-refractivity contribution in [2.75, 3.05) is 0 Å². The average molecular weight is 383 g/mol. The summed E-state index contributed by atoms with van der Waals surface area (Å²) >= 11 is 0. The van der Waals surface area contributed by atoms with E-state index in [-0.39, 0.29) is 18.0 Å². The molecule has 2 aromatic carbocycles. The summed E-state index contributed by atoms with van der Waals surface area (Å²) in [5.41, 5.74) is 0.689. The van der Waals surface area contributed by atoms with Crippen molar-refractivity contribution >= 4 is 6.08 Å². The molecule has 4 nitrogen and oxygen atoms in total. The van der Waals surface area contributed by atoms with E-state index in [0.717, 1.165) is 17.7 Å². The fourth-order valence-corrected chi connectivity index (χ4v) is 3.19. The van der Waals surface area contributed by atoms with Crippen LogP contribution in [-0.2, 0) is 12.1 Å². The smallest absolute Gasteiger partial charge is 0.137 e. The Labute approximate surface area is 163 Å². The number of hydrogen-bond acceptors (Lipinski definition) is 3. The van der Waals surface area contributed by atoms with Gasteiger partial charge in [-0.2, -0.15) is 5.10 Å². The van der Waals surface area contributed by atoms with Crippen LogP contribution in [0.4, 0.5) is 8.78 Å². The first-order valence-electron chi connectivity index (χ1n) is 9.12. The third-order valence-corrected chi connectivity index (χ3v) is 4.96. The average Bonchev–Trinajstić information content (AvgIpc) is 3.15. The monoisotopic (exact) mass is 383 g/mol. The molecule has 0 bridgehead atoms. The fraction of sp³-hybridized carbons (Fsp3) is 0.273. The molecule has 0 saturated carbocycles. The van der Waals surface area contributed by atoms with Gasteiger partial charge in [-0.1, -0.05) is 55.0 Å². The predicted molar refractivity (Wildman–Crippen MR) is 104 cm³/mol. The van der Waals surface area contributed by atoms with Gasteiger partial charge < -0.3 is 5.11 Å². The van der Waals surface area contributed by atoms with Crippen LogP contribution < -0.4 is 0 Å². The van der Waals surface area contributed by atoms with Crippen molar-refractivity contribution in [3.63, 3.8) is 0 Å². The molecule has 0 saturated heterocycles. The zero-order valence-electron chi connectivity index (χ0n) is 15.9. The minimum absolute atomic E-state index is 0.00902. The fourth-order valence-electron chi connectivity index (χ4n) is 3.19. The zero-order chi connectivity index (χ0) is 20.1. The minimum atomic E-state index is -1.58. The standard InChI is InChI=1S/C22H23F2N3O/c1-16-6-8-18(9-7-16)5-3-4-17(2)22(28,13-27-15-25-14-26-27)20-11-10-19(23)12-21(20)24/h3,5-12,14-15,17,28H,4,13H2,1-2H3/b5-3+/t17-,22+/m0/s1. The molecule has 0 spiro atoms. The number of aliphatic hydroxyl groups is 1. The van der Waals surface area contributed by atoms with Crippen molar-refractivity contribution < 1.29 is 13.9 Å². The van der Waals surface area contributed by atoms with Gasteiger partial charge >= 0.3 is 0 Å². The van der Waals surface area contributed by atoms with E-state index in [1.165, 1.54) is 29.0 Å². The molecule has 0 radical (unpaired) electrons. The van der Waals surface area contributed by atoms with Crippen LogP contribution in [0.3, 0.4) is 0 Å². The Balaban J connectivity index is 1.86. The van der Waals surface area contributed by atoms with Crippen LogP contribution in [0.15, 0.2) is 61.2 Å². The molecule has 3 rings (SSSR count). The zero-order valence-corrected chi connectivity index (χ0v) is 15.9. The van der Waals surface area contributed by atoms with E-state index in [1.807, 2.05) is 50.3 Å². The van der Waals surface area contributed by atoms with E-state index in [0.29, 0.717) is 6.42 Å². The maximum atomic E-state index is 14.5. The van der Waals surface area contributed by atoms with Gasteiger partial charge in [-0.15, -0.1) is 0 Å². The molecule has 2 atom stereocenters. The number of hydrogen-bond donors (Lipinski definition) is 1. The number of allylic oxidation sites excluding steroid dienone is 1. The lowest BCUT2D eigenvalue weighted by atomic mass is 9.80. The highest BCUT2D eigenvalue weighted by molar-refractivity contribution is 5.49. The second-order valence-electron chi connectivity index (χ2n) is 7.09. The van der Waals surface area contributed by atoms with E-state index in [2.05, 4.69) is 10.1 Å².